The normalized spacial score (nSPS) is 15.6. The zero-order valence-corrected chi connectivity index (χ0v) is 11.4. The molecule has 0 bridgehead atoms. The van der Waals surface area contributed by atoms with Gasteiger partial charge in [0.2, 0.25) is 17.8 Å². The van der Waals surface area contributed by atoms with Crippen LogP contribution in [0, 0.1) is 0 Å². The third-order valence-electron chi connectivity index (χ3n) is 2.84. The van der Waals surface area contributed by atoms with E-state index >= 15 is 0 Å². The van der Waals surface area contributed by atoms with Gasteiger partial charge in [0.05, 0.1) is 13.2 Å². The van der Waals surface area contributed by atoms with Gasteiger partial charge in [-0.05, 0) is 6.92 Å². The lowest BCUT2D eigenvalue weighted by atomic mass is 10.3. The first-order chi connectivity index (χ1) is 9.13. The zero-order chi connectivity index (χ0) is 13.8. The average molecular weight is 266 g/mol. The summed E-state index contributed by atoms with van der Waals surface area (Å²) in [5.41, 5.74) is 0. The van der Waals surface area contributed by atoms with Gasteiger partial charge in [-0.15, -0.1) is 0 Å². The van der Waals surface area contributed by atoms with Crippen LogP contribution in [-0.2, 0) is 4.79 Å². The zero-order valence-electron chi connectivity index (χ0n) is 11.4. The quantitative estimate of drug-likeness (QED) is 0.793. The molecule has 8 heteroatoms. The number of hydrogen-bond acceptors (Lipinski definition) is 7. The minimum atomic E-state index is 0.0515. The molecular weight excluding hydrogens is 248 g/mol. The number of aromatic nitrogens is 3. The van der Waals surface area contributed by atoms with Gasteiger partial charge >= 0.3 is 6.01 Å². The second-order valence-corrected chi connectivity index (χ2v) is 4.16. The van der Waals surface area contributed by atoms with Gasteiger partial charge in [-0.1, -0.05) is 0 Å². The highest BCUT2D eigenvalue weighted by atomic mass is 16.5. The third-order valence-corrected chi connectivity index (χ3v) is 2.84. The van der Waals surface area contributed by atoms with Crippen molar-refractivity contribution < 1.29 is 9.53 Å². The van der Waals surface area contributed by atoms with E-state index in [0.29, 0.717) is 31.6 Å². The molecule has 8 nitrogen and oxygen atoms in total. The largest absolute Gasteiger partial charge is 0.464 e. The summed E-state index contributed by atoms with van der Waals surface area (Å²) in [5.74, 6) is 0.944. The number of ether oxygens (including phenoxy) is 1. The smallest absolute Gasteiger partial charge is 0.323 e. The Hall–Kier alpha value is -2.12. The minimum Gasteiger partial charge on any atom is -0.464 e. The highest BCUT2D eigenvalue weighted by molar-refractivity contribution is 5.81. The summed E-state index contributed by atoms with van der Waals surface area (Å²) >= 11 is 0. The lowest BCUT2D eigenvalue weighted by Gasteiger charge is -2.31. The fourth-order valence-electron chi connectivity index (χ4n) is 1.72. The number of likely N-dealkylation sites (N-methyl/N-ethyl adjacent to an activating group) is 1. The van der Waals surface area contributed by atoms with Gasteiger partial charge in [-0.2, -0.15) is 15.0 Å². The van der Waals surface area contributed by atoms with Crippen LogP contribution in [0.2, 0.25) is 0 Å². The molecule has 1 saturated heterocycles. The van der Waals surface area contributed by atoms with Crippen molar-refractivity contribution in [2.45, 2.75) is 6.92 Å². The number of anilines is 2. The number of hydrogen-bond donors (Lipinski definition) is 1. The van der Waals surface area contributed by atoms with Crippen LogP contribution in [0.1, 0.15) is 6.92 Å². The number of piperazine rings is 1. The maximum atomic E-state index is 11.7. The summed E-state index contributed by atoms with van der Waals surface area (Å²) in [6, 6.07) is 0.267. The summed E-state index contributed by atoms with van der Waals surface area (Å²) in [5, 5.41) is 2.86. The maximum absolute atomic E-state index is 11.7. The topological polar surface area (TPSA) is 83.5 Å². The van der Waals surface area contributed by atoms with Crippen LogP contribution in [0.25, 0.3) is 0 Å². The highest BCUT2D eigenvalue weighted by Gasteiger charge is 2.24. The van der Waals surface area contributed by atoms with Crippen molar-refractivity contribution in [1.82, 2.24) is 19.9 Å². The summed E-state index contributed by atoms with van der Waals surface area (Å²) in [6.07, 6.45) is 0. The molecule has 0 saturated carbocycles. The van der Waals surface area contributed by atoms with E-state index in [2.05, 4.69) is 20.3 Å². The lowest BCUT2D eigenvalue weighted by molar-refractivity contribution is -0.129. The van der Waals surface area contributed by atoms with Crippen molar-refractivity contribution in [2.75, 3.05) is 50.6 Å². The average Bonchev–Trinajstić information content (AvgIpc) is 2.42. The van der Waals surface area contributed by atoms with E-state index in [4.69, 9.17) is 4.74 Å². The first kappa shape index (κ1) is 13.3. The predicted molar refractivity (Wildman–Crippen MR) is 70.4 cm³/mol. The number of rotatable bonds is 4. The SMILES string of the molecule is CCOc1nc(NC)nc(N2CCN(C)C(=O)C2)n1. The Kier molecular flexibility index (Phi) is 3.98. The molecule has 1 aliphatic heterocycles. The summed E-state index contributed by atoms with van der Waals surface area (Å²) in [6.45, 7) is 3.97. The molecule has 1 aliphatic rings. The van der Waals surface area contributed by atoms with Crippen molar-refractivity contribution in [3.63, 3.8) is 0 Å². The van der Waals surface area contributed by atoms with Gasteiger partial charge in [0.15, 0.2) is 0 Å². The molecule has 0 radical (unpaired) electrons. The molecule has 0 unspecified atom stereocenters. The van der Waals surface area contributed by atoms with E-state index < -0.39 is 0 Å². The number of nitrogens with zero attached hydrogens (tertiary/aromatic N) is 5. The van der Waals surface area contributed by atoms with E-state index in [-0.39, 0.29) is 18.5 Å². The predicted octanol–water partition coefficient (Wildman–Crippen LogP) is -0.410. The van der Waals surface area contributed by atoms with Crippen LogP contribution in [0.3, 0.4) is 0 Å². The Morgan fingerprint density at radius 1 is 1.32 bits per heavy atom. The van der Waals surface area contributed by atoms with Crippen molar-refractivity contribution in [3.8, 4) is 6.01 Å². The highest BCUT2D eigenvalue weighted by Crippen LogP contribution is 2.16. The van der Waals surface area contributed by atoms with E-state index in [9.17, 15) is 4.79 Å². The second-order valence-electron chi connectivity index (χ2n) is 4.16. The Morgan fingerprint density at radius 2 is 2.11 bits per heavy atom. The molecule has 2 heterocycles. The van der Waals surface area contributed by atoms with Crippen LogP contribution in [0.4, 0.5) is 11.9 Å². The molecular formula is C11H18N6O2. The molecule has 1 N–H and O–H groups in total. The number of nitrogens with one attached hydrogen (secondary N) is 1. The summed E-state index contributed by atoms with van der Waals surface area (Å²) in [4.78, 5) is 27.8. The van der Waals surface area contributed by atoms with Crippen molar-refractivity contribution in [3.05, 3.63) is 0 Å². The molecule has 1 fully saturated rings. The molecule has 0 aliphatic carbocycles. The fraction of sp³-hybridized carbons (Fsp3) is 0.636. The van der Waals surface area contributed by atoms with Crippen LogP contribution in [0.5, 0.6) is 6.01 Å². The Bertz CT molecular complexity index is 466. The maximum Gasteiger partial charge on any atom is 0.323 e. The van der Waals surface area contributed by atoms with E-state index in [0.717, 1.165) is 0 Å². The van der Waals surface area contributed by atoms with E-state index in [1.807, 2.05) is 11.8 Å². The second kappa shape index (κ2) is 5.68. The molecule has 0 aromatic carbocycles. The van der Waals surface area contributed by atoms with E-state index in [1.54, 1.807) is 19.0 Å². The van der Waals surface area contributed by atoms with Gasteiger partial charge in [-0.25, -0.2) is 0 Å². The number of amides is 1. The molecule has 104 valence electrons. The Morgan fingerprint density at radius 3 is 2.74 bits per heavy atom. The first-order valence-corrected chi connectivity index (χ1v) is 6.19. The Labute approximate surface area is 111 Å². The van der Waals surface area contributed by atoms with Gasteiger partial charge in [-0.3, -0.25) is 4.79 Å². The molecule has 1 aromatic rings. The van der Waals surface area contributed by atoms with Crippen LogP contribution in [-0.4, -0.2) is 66.1 Å². The first-order valence-electron chi connectivity index (χ1n) is 6.19. The summed E-state index contributed by atoms with van der Waals surface area (Å²) < 4.78 is 5.30. The van der Waals surface area contributed by atoms with Gasteiger partial charge in [0.1, 0.15) is 0 Å². The van der Waals surface area contributed by atoms with E-state index in [1.165, 1.54) is 0 Å². The fourth-order valence-corrected chi connectivity index (χ4v) is 1.72. The monoisotopic (exact) mass is 266 g/mol. The molecule has 19 heavy (non-hydrogen) atoms. The lowest BCUT2D eigenvalue weighted by Crippen LogP contribution is -2.49. The molecule has 1 aromatic heterocycles. The third kappa shape index (κ3) is 3.01. The summed E-state index contributed by atoms with van der Waals surface area (Å²) in [7, 11) is 3.52. The van der Waals surface area contributed by atoms with Crippen LogP contribution >= 0.6 is 0 Å². The van der Waals surface area contributed by atoms with Gasteiger partial charge < -0.3 is 19.9 Å². The molecule has 0 spiro atoms. The van der Waals surface area contributed by atoms with Gasteiger partial charge in [0.25, 0.3) is 0 Å². The van der Waals surface area contributed by atoms with Crippen molar-refractivity contribution >= 4 is 17.8 Å². The molecule has 0 atom stereocenters. The molecule has 2 rings (SSSR count). The van der Waals surface area contributed by atoms with Crippen LogP contribution in [0.15, 0.2) is 0 Å². The molecule has 1 amide bonds. The van der Waals surface area contributed by atoms with Crippen molar-refractivity contribution in [1.29, 1.82) is 0 Å². The standard InChI is InChI=1S/C11H18N6O2/c1-4-19-11-14-9(12-2)13-10(15-11)17-6-5-16(3)8(18)7-17/h4-7H2,1-3H3,(H,12,13,14,15). The Balaban J connectivity index is 2.23. The number of carbonyl (C=O) groups excluding carboxylic acids is 1. The minimum absolute atomic E-state index is 0.0515. The van der Waals surface area contributed by atoms with Crippen molar-refractivity contribution in [2.24, 2.45) is 0 Å². The number of carbonyl (C=O) groups is 1. The van der Waals surface area contributed by atoms with Gasteiger partial charge in [0, 0.05) is 27.2 Å². The van der Waals surface area contributed by atoms with Crippen LogP contribution < -0.4 is 15.0 Å².